The molecule has 2 rings (SSSR count). The van der Waals surface area contributed by atoms with E-state index >= 15 is 0 Å². The molecular formula is C14H28O2. The Bertz CT molecular complexity index is 167. The van der Waals surface area contributed by atoms with Crippen LogP contribution in [0.4, 0.5) is 0 Å². The fourth-order valence-electron chi connectivity index (χ4n) is 2.77. The molecule has 2 fully saturated rings. The zero-order chi connectivity index (χ0) is 12.1. The first-order chi connectivity index (χ1) is 7.54. The highest BCUT2D eigenvalue weighted by Crippen LogP contribution is 2.32. The Morgan fingerprint density at radius 2 is 0.938 bits per heavy atom. The quantitative estimate of drug-likeness (QED) is 0.760. The molecule has 2 aliphatic rings. The molecule has 2 N–H and O–H groups in total. The van der Waals surface area contributed by atoms with Crippen molar-refractivity contribution < 1.29 is 10.2 Å². The predicted octanol–water partition coefficient (Wildman–Crippen LogP) is 3.40. The third-order valence-corrected chi connectivity index (χ3v) is 4.38. The molecule has 0 amide bonds. The van der Waals surface area contributed by atoms with Crippen LogP contribution in [0.5, 0.6) is 0 Å². The lowest BCUT2D eigenvalue weighted by atomic mass is 10.00. The molecule has 0 heterocycles. The normalized spacial score (nSPS) is 26.2. The highest BCUT2D eigenvalue weighted by molar-refractivity contribution is 4.82. The first-order valence-electron chi connectivity index (χ1n) is 6.98. The summed E-state index contributed by atoms with van der Waals surface area (Å²) in [5, 5.41) is 19.0. The molecule has 0 bridgehead atoms. The highest BCUT2D eigenvalue weighted by atomic mass is 16.3. The summed E-state index contributed by atoms with van der Waals surface area (Å²) in [4.78, 5) is 0. The molecule has 2 aliphatic carbocycles. The summed E-state index contributed by atoms with van der Waals surface area (Å²) in [6, 6.07) is 0. The fourth-order valence-corrected chi connectivity index (χ4v) is 2.77. The van der Waals surface area contributed by atoms with E-state index in [0.29, 0.717) is 0 Å². The lowest BCUT2D eigenvalue weighted by Gasteiger charge is -2.18. The first kappa shape index (κ1) is 14.0. The summed E-state index contributed by atoms with van der Waals surface area (Å²) >= 11 is 0. The summed E-state index contributed by atoms with van der Waals surface area (Å²) in [5.74, 6) is 0. The number of aliphatic hydroxyl groups is 2. The van der Waals surface area contributed by atoms with E-state index in [4.69, 9.17) is 0 Å². The van der Waals surface area contributed by atoms with Gasteiger partial charge in [-0.2, -0.15) is 0 Å². The van der Waals surface area contributed by atoms with Crippen LogP contribution in [0, 0.1) is 0 Å². The van der Waals surface area contributed by atoms with Crippen LogP contribution in [-0.4, -0.2) is 21.4 Å². The van der Waals surface area contributed by atoms with Crippen LogP contribution in [-0.2, 0) is 0 Å². The van der Waals surface area contributed by atoms with Gasteiger partial charge in [0.1, 0.15) is 0 Å². The van der Waals surface area contributed by atoms with Gasteiger partial charge in [0.15, 0.2) is 0 Å². The van der Waals surface area contributed by atoms with Crippen molar-refractivity contribution in [3.05, 3.63) is 0 Å². The number of hydrogen-bond acceptors (Lipinski definition) is 2. The summed E-state index contributed by atoms with van der Waals surface area (Å²) in [5.41, 5.74) is -0.528. The third kappa shape index (κ3) is 4.06. The molecule has 0 spiro atoms. The Kier molecular flexibility index (Phi) is 5.26. The van der Waals surface area contributed by atoms with Crippen molar-refractivity contribution in [2.24, 2.45) is 0 Å². The second kappa shape index (κ2) is 6.02. The SMILES string of the molecule is CCC1(O)CCCC1.CCC1(O)CCCC1. The van der Waals surface area contributed by atoms with Crippen LogP contribution in [0.15, 0.2) is 0 Å². The molecule has 0 unspecified atom stereocenters. The molecule has 2 saturated carbocycles. The molecule has 96 valence electrons. The van der Waals surface area contributed by atoms with Crippen molar-refractivity contribution >= 4 is 0 Å². The van der Waals surface area contributed by atoms with Gasteiger partial charge in [-0.3, -0.25) is 0 Å². The van der Waals surface area contributed by atoms with Crippen molar-refractivity contribution in [1.29, 1.82) is 0 Å². The average Bonchev–Trinajstić information content (AvgIpc) is 2.90. The first-order valence-corrected chi connectivity index (χ1v) is 6.98. The maximum atomic E-state index is 9.50. The average molecular weight is 228 g/mol. The van der Waals surface area contributed by atoms with E-state index in [-0.39, 0.29) is 11.2 Å². The second-order valence-electron chi connectivity index (χ2n) is 5.57. The lowest BCUT2D eigenvalue weighted by Crippen LogP contribution is -2.21. The van der Waals surface area contributed by atoms with Gasteiger partial charge in [0.2, 0.25) is 0 Å². The summed E-state index contributed by atoms with van der Waals surface area (Å²) in [7, 11) is 0. The molecule has 0 radical (unpaired) electrons. The Morgan fingerprint density at radius 1 is 0.688 bits per heavy atom. The predicted molar refractivity (Wildman–Crippen MR) is 67.4 cm³/mol. The van der Waals surface area contributed by atoms with Gasteiger partial charge in [-0.25, -0.2) is 0 Å². The Balaban J connectivity index is 0.000000160. The van der Waals surface area contributed by atoms with E-state index in [2.05, 4.69) is 13.8 Å². The van der Waals surface area contributed by atoms with Crippen molar-refractivity contribution in [2.75, 3.05) is 0 Å². The number of rotatable bonds is 2. The molecule has 0 atom stereocenters. The minimum Gasteiger partial charge on any atom is -0.390 e. The maximum absolute atomic E-state index is 9.50. The van der Waals surface area contributed by atoms with Gasteiger partial charge < -0.3 is 10.2 Å². The lowest BCUT2D eigenvalue weighted by molar-refractivity contribution is 0.0434. The van der Waals surface area contributed by atoms with Crippen LogP contribution in [0.25, 0.3) is 0 Å². The van der Waals surface area contributed by atoms with E-state index in [9.17, 15) is 10.2 Å². The molecule has 2 nitrogen and oxygen atoms in total. The minimum atomic E-state index is -0.264. The van der Waals surface area contributed by atoms with Gasteiger partial charge in [-0.1, -0.05) is 39.5 Å². The van der Waals surface area contributed by atoms with Crippen LogP contribution >= 0.6 is 0 Å². The Labute approximate surface area is 100 Å². The minimum absolute atomic E-state index is 0.264. The van der Waals surface area contributed by atoms with Crippen LogP contribution in [0.3, 0.4) is 0 Å². The Morgan fingerprint density at radius 3 is 1.06 bits per heavy atom. The van der Waals surface area contributed by atoms with Crippen molar-refractivity contribution in [3.8, 4) is 0 Å². The van der Waals surface area contributed by atoms with Gasteiger partial charge in [-0.15, -0.1) is 0 Å². The molecule has 0 aliphatic heterocycles. The fraction of sp³-hybridized carbons (Fsp3) is 1.00. The van der Waals surface area contributed by atoms with E-state index < -0.39 is 0 Å². The van der Waals surface area contributed by atoms with E-state index in [0.717, 1.165) is 38.5 Å². The van der Waals surface area contributed by atoms with Crippen molar-refractivity contribution in [1.82, 2.24) is 0 Å². The smallest absolute Gasteiger partial charge is 0.0645 e. The van der Waals surface area contributed by atoms with Crippen LogP contribution in [0.2, 0.25) is 0 Å². The Hall–Kier alpha value is -0.0800. The van der Waals surface area contributed by atoms with E-state index in [1.807, 2.05) is 0 Å². The largest absolute Gasteiger partial charge is 0.390 e. The molecule has 16 heavy (non-hydrogen) atoms. The van der Waals surface area contributed by atoms with Gasteiger partial charge in [0.05, 0.1) is 11.2 Å². The number of hydrogen-bond donors (Lipinski definition) is 2. The topological polar surface area (TPSA) is 40.5 Å². The third-order valence-electron chi connectivity index (χ3n) is 4.38. The molecule has 0 saturated heterocycles. The van der Waals surface area contributed by atoms with E-state index in [1.54, 1.807) is 0 Å². The monoisotopic (exact) mass is 228 g/mol. The van der Waals surface area contributed by atoms with Crippen molar-refractivity contribution in [2.45, 2.75) is 89.3 Å². The zero-order valence-electron chi connectivity index (χ0n) is 11.0. The standard InChI is InChI=1S/2C7H14O/c2*1-2-7(8)5-3-4-6-7/h2*8H,2-6H2,1H3. The summed E-state index contributed by atoms with van der Waals surface area (Å²) in [6.45, 7) is 4.12. The van der Waals surface area contributed by atoms with E-state index in [1.165, 1.54) is 25.7 Å². The molecular weight excluding hydrogens is 200 g/mol. The van der Waals surface area contributed by atoms with Gasteiger partial charge in [0, 0.05) is 0 Å². The molecule has 0 aromatic rings. The van der Waals surface area contributed by atoms with Gasteiger partial charge >= 0.3 is 0 Å². The van der Waals surface area contributed by atoms with Crippen molar-refractivity contribution in [3.63, 3.8) is 0 Å². The van der Waals surface area contributed by atoms with Gasteiger partial charge in [0.25, 0.3) is 0 Å². The molecule has 2 heteroatoms. The van der Waals surface area contributed by atoms with Crippen LogP contribution < -0.4 is 0 Å². The molecule has 0 aromatic heterocycles. The van der Waals surface area contributed by atoms with Gasteiger partial charge in [-0.05, 0) is 38.5 Å². The summed E-state index contributed by atoms with van der Waals surface area (Å²) < 4.78 is 0. The molecule has 0 aromatic carbocycles. The summed E-state index contributed by atoms with van der Waals surface area (Å²) in [6.07, 6.45) is 10.9. The second-order valence-corrected chi connectivity index (χ2v) is 5.57. The van der Waals surface area contributed by atoms with Crippen LogP contribution in [0.1, 0.15) is 78.1 Å². The maximum Gasteiger partial charge on any atom is 0.0645 e. The highest BCUT2D eigenvalue weighted by Gasteiger charge is 2.28. The zero-order valence-corrected chi connectivity index (χ0v) is 11.0.